The molecule has 2 rings (SSSR count). The number of methoxy groups -OCH3 is 2. The largest absolute Gasteiger partial charge is 0.497 e. The number of hydrogen-bond donors (Lipinski definition) is 2. The van der Waals surface area contributed by atoms with Crippen LogP contribution in [-0.4, -0.2) is 35.3 Å². The quantitative estimate of drug-likeness (QED) is 0.857. The number of aromatic amines is 1. The van der Waals surface area contributed by atoms with Crippen molar-refractivity contribution in [2.45, 2.75) is 6.42 Å². The summed E-state index contributed by atoms with van der Waals surface area (Å²) in [6, 6.07) is 5.30. The lowest BCUT2D eigenvalue weighted by Crippen LogP contribution is -2.02. The number of nitrogens with zero attached hydrogens (tertiary/aromatic N) is 1. The van der Waals surface area contributed by atoms with Crippen LogP contribution in [0.25, 0.3) is 11.3 Å². The molecule has 0 saturated heterocycles. The van der Waals surface area contributed by atoms with E-state index in [9.17, 15) is 4.79 Å². The fourth-order valence-electron chi connectivity index (χ4n) is 1.83. The Morgan fingerprint density at radius 3 is 2.79 bits per heavy atom. The second-order valence-corrected chi connectivity index (χ2v) is 3.87. The van der Waals surface area contributed by atoms with Gasteiger partial charge in [-0.2, -0.15) is 0 Å². The van der Waals surface area contributed by atoms with Crippen LogP contribution in [-0.2, 0) is 11.2 Å². The van der Waals surface area contributed by atoms with Crippen LogP contribution >= 0.6 is 0 Å². The number of H-pyrrole nitrogens is 1. The van der Waals surface area contributed by atoms with Crippen LogP contribution in [0.1, 0.15) is 5.69 Å². The van der Waals surface area contributed by atoms with Crippen LogP contribution in [0.4, 0.5) is 0 Å². The van der Waals surface area contributed by atoms with Crippen LogP contribution in [0.3, 0.4) is 0 Å². The monoisotopic (exact) mass is 262 g/mol. The highest BCUT2D eigenvalue weighted by atomic mass is 16.5. The van der Waals surface area contributed by atoms with Crippen molar-refractivity contribution in [2.24, 2.45) is 0 Å². The van der Waals surface area contributed by atoms with Crippen molar-refractivity contribution >= 4 is 5.97 Å². The van der Waals surface area contributed by atoms with Gasteiger partial charge in [0.05, 0.1) is 38.4 Å². The SMILES string of the molecule is COc1ccc(-c2nc[nH]c2CC(=O)O)c(OC)c1. The molecule has 0 spiro atoms. The number of aromatic nitrogens is 2. The Hall–Kier alpha value is -2.50. The first-order valence-corrected chi connectivity index (χ1v) is 5.62. The molecule has 1 aromatic heterocycles. The predicted octanol–water partition coefficient (Wildman–Crippen LogP) is 1.72. The van der Waals surface area contributed by atoms with E-state index in [1.807, 2.05) is 0 Å². The number of aliphatic carboxylic acids is 1. The number of imidazole rings is 1. The normalized spacial score (nSPS) is 10.2. The second kappa shape index (κ2) is 5.43. The lowest BCUT2D eigenvalue weighted by atomic mass is 10.1. The Kier molecular flexibility index (Phi) is 3.70. The van der Waals surface area contributed by atoms with Gasteiger partial charge in [0, 0.05) is 11.6 Å². The number of carboxylic acids is 1. The number of hydrogen-bond acceptors (Lipinski definition) is 4. The third-order valence-electron chi connectivity index (χ3n) is 2.71. The first kappa shape index (κ1) is 12.9. The van der Waals surface area contributed by atoms with E-state index in [1.54, 1.807) is 32.4 Å². The summed E-state index contributed by atoms with van der Waals surface area (Å²) >= 11 is 0. The van der Waals surface area contributed by atoms with Crippen molar-refractivity contribution in [3.63, 3.8) is 0 Å². The molecule has 0 aliphatic heterocycles. The number of ether oxygens (including phenoxy) is 2. The molecule has 0 aliphatic rings. The highest BCUT2D eigenvalue weighted by Crippen LogP contribution is 2.33. The van der Waals surface area contributed by atoms with Crippen LogP contribution in [0.15, 0.2) is 24.5 Å². The average molecular weight is 262 g/mol. The zero-order chi connectivity index (χ0) is 13.8. The summed E-state index contributed by atoms with van der Waals surface area (Å²) in [5, 5.41) is 8.87. The van der Waals surface area contributed by atoms with Crippen LogP contribution in [0.2, 0.25) is 0 Å². The summed E-state index contributed by atoms with van der Waals surface area (Å²) in [6.07, 6.45) is 1.35. The van der Waals surface area contributed by atoms with Gasteiger partial charge in [-0.3, -0.25) is 4.79 Å². The molecular formula is C13H14N2O4. The third-order valence-corrected chi connectivity index (χ3v) is 2.71. The number of benzene rings is 1. The van der Waals surface area contributed by atoms with E-state index in [4.69, 9.17) is 14.6 Å². The van der Waals surface area contributed by atoms with Gasteiger partial charge in [0.2, 0.25) is 0 Å². The summed E-state index contributed by atoms with van der Waals surface area (Å²) in [5.74, 6) is 0.326. The third kappa shape index (κ3) is 2.67. The minimum absolute atomic E-state index is 0.121. The van der Waals surface area contributed by atoms with Crippen molar-refractivity contribution in [3.8, 4) is 22.8 Å². The highest BCUT2D eigenvalue weighted by Gasteiger charge is 2.15. The summed E-state index contributed by atoms with van der Waals surface area (Å²) < 4.78 is 10.4. The van der Waals surface area contributed by atoms with Gasteiger partial charge in [-0.25, -0.2) is 4.98 Å². The lowest BCUT2D eigenvalue weighted by Gasteiger charge is -2.09. The molecule has 0 fully saturated rings. The van der Waals surface area contributed by atoms with Crippen LogP contribution in [0.5, 0.6) is 11.5 Å². The first-order valence-electron chi connectivity index (χ1n) is 5.62. The van der Waals surface area contributed by atoms with E-state index in [0.717, 1.165) is 5.56 Å². The minimum Gasteiger partial charge on any atom is -0.497 e. The van der Waals surface area contributed by atoms with Crippen molar-refractivity contribution in [2.75, 3.05) is 14.2 Å². The fourth-order valence-corrected chi connectivity index (χ4v) is 1.83. The van der Waals surface area contributed by atoms with E-state index in [2.05, 4.69) is 9.97 Å². The summed E-state index contributed by atoms with van der Waals surface area (Å²) in [7, 11) is 3.11. The minimum atomic E-state index is -0.919. The highest BCUT2D eigenvalue weighted by molar-refractivity contribution is 5.76. The van der Waals surface area contributed by atoms with Crippen LogP contribution < -0.4 is 9.47 Å². The number of carbonyl (C=O) groups is 1. The molecule has 0 radical (unpaired) electrons. The maximum atomic E-state index is 10.8. The van der Waals surface area contributed by atoms with E-state index in [0.29, 0.717) is 22.9 Å². The smallest absolute Gasteiger partial charge is 0.309 e. The van der Waals surface area contributed by atoms with Gasteiger partial charge in [0.25, 0.3) is 0 Å². The molecule has 100 valence electrons. The molecule has 0 unspecified atom stereocenters. The predicted molar refractivity (Wildman–Crippen MR) is 68.5 cm³/mol. The molecule has 6 heteroatoms. The van der Waals surface area contributed by atoms with Gasteiger partial charge in [-0.1, -0.05) is 0 Å². The Balaban J connectivity index is 2.46. The Morgan fingerprint density at radius 1 is 1.37 bits per heavy atom. The van der Waals surface area contributed by atoms with Gasteiger partial charge in [0.15, 0.2) is 0 Å². The second-order valence-electron chi connectivity index (χ2n) is 3.87. The molecule has 6 nitrogen and oxygen atoms in total. The maximum absolute atomic E-state index is 10.8. The van der Waals surface area contributed by atoms with Crippen molar-refractivity contribution < 1.29 is 19.4 Å². The lowest BCUT2D eigenvalue weighted by molar-refractivity contribution is -0.136. The molecule has 2 N–H and O–H groups in total. The van der Waals surface area contributed by atoms with Crippen molar-refractivity contribution in [1.82, 2.24) is 9.97 Å². The van der Waals surface area contributed by atoms with Gasteiger partial charge < -0.3 is 19.6 Å². The van der Waals surface area contributed by atoms with E-state index in [-0.39, 0.29) is 6.42 Å². The Labute approximate surface area is 110 Å². The fraction of sp³-hybridized carbons (Fsp3) is 0.231. The van der Waals surface area contributed by atoms with E-state index < -0.39 is 5.97 Å². The Bertz CT molecular complexity index is 592. The molecule has 2 aromatic rings. The van der Waals surface area contributed by atoms with Gasteiger partial charge in [-0.05, 0) is 12.1 Å². The van der Waals surface area contributed by atoms with Gasteiger partial charge in [-0.15, -0.1) is 0 Å². The number of rotatable bonds is 5. The molecule has 19 heavy (non-hydrogen) atoms. The summed E-state index contributed by atoms with van der Waals surface area (Å²) in [5.41, 5.74) is 1.83. The maximum Gasteiger partial charge on any atom is 0.309 e. The van der Waals surface area contributed by atoms with Crippen molar-refractivity contribution in [3.05, 3.63) is 30.2 Å². The molecule has 1 heterocycles. The molecular weight excluding hydrogens is 248 g/mol. The van der Waals surface area contributed by atoms with Crippen LogP contribution in [0, 0.1) is 0 Å². The molecule has 1 aromatic carbocycles. The average Bonchev–Trinajstić information content (AvgIpc) is 2.85. The van der Waals surface area contributed by atoms with E-state index >= 15 is 0 Å². The molecule has 0 bridgehead atoms. The molecule has 0 atom stereocenters. The topological polar surface area (TPSA) is 84.4 Å². The summed E-state index contributed by atoms with van der Waals surface area (Å²) in [6.45, 7) is 0. The van der Waals surface area contributed by atoms with E-state index in [1.165, 1.54) is 6.33 Å². The standard InChI is InChI=1S/C13H14N2O4/c1-18-8-3-4-9(11(5-8)19-2)13-10(6-12(16)17)14-7-15-13/h3-5,7H,6H2,1-2H3,(H,14,15)(H,16,17). The summed E-state index contributed by atoms with van der Waals surface area (Å²) in [4.78, 5) is 17.8. The molecule has 0 amide bonds. The van der Waals surface area contributed by atoms with Gasteiger partial charge in [0.1, 0.15) is 11.5 Å². The number of nitrogens with one attached hydrogen (secondary N) is 1. The van der Waals surface area contributed by atoms with Crippen molar-refractivity contribution in [1.29, 1.82) is 0 Å². The molecule has 0 saturated carbocycles. The zero-order valence-electron chi connectivity index (χ0n) is 10.6. The number of carboxylic acid groups (broad SMARTS) is 1. The zero-order valence-corrected chi connectivity index (χ0v) is 10.6. The van der Waals surface area contributed by atoms with Gasteiger partial charge >= 0.3 is 5.97 Å². The first-order chi connectivity index (χ1) is 9.15. The molecule has 0 aliphatic carbocycles. The Morgan fingerprint density at radius 2 is 2.16 bits per heavy atom.